The lowest BCUT2D eigenvalue weighted by molar-refractivity contribution is -0.893. The highest BCUT2D eigenvalue weighted by atomic mass is 31.2. The third kappa shape index (κ3) is 39.1. The molecule has 0 aliphatic carbocycles. The molecule has 0 heterocycles. The molecular formula is C45H87NO8P+. The summed E-state index contributed by atoms with van der Waals surface area (Å²) < 4.78 is 33.6. The summed E-state index contributed by atoms with van der Waals surface area (Å²) in [6.45, 7) is 6.93. The summed E-state index contributed by atoms with van der Waals surface area (Å²) in [6.07, 6.45) is 40.5. The van der Waals surface area contributed by atoms with E-state index in [2.05, 4.69) is 38.2 Å². The predicted molar refractivity (Wildman–Crippen MR) is 229 cm³/mol. The van der Waals surface area contributed by atoms with Crippen LogP contribution in [0.1, 0.15) is 201 Å². The van der Waals surface area contributed by atoms with Crippen molar-refractivity contribution in [2.45, 2.75) is 207 Å². The molecule has 0 aliphatic rings. The van der Waals surface area contributed by atoms with Gasteiger partial charge >= 0.3 is 19.8 Å². The summed E-state index contributed by atoms with van der Waals surface area (Å²) in [5.41, 5.74) is 0. The number of esters is 2. The van der Waals surface area contributed by atoms with Crippen LogP contribution in [0.3, 0.4) is 0 Å². The van der Waals surface area contributed by atoms with Crippen LogP contribution in [0.15, 0.2) is 24.3 Å². The molecule has 0 saturated heterocycles. The van der Waals surface area contributed by atoms with Gasteiger partial charge in [-0.2, -0.15) is 0 Å². The van der Waals surface area contributed by atoms with Gasteiger partial charge in [-0.25, -0.2) is 4.57 Å². The first-order valence-corrected chi connectivity index (χ1v) is 24.1. The summed E-state index contributed by atoms with van der Waals surface area (Å²) in [5, 5.41) is 0. The maximum absolute atomic E-state index is 12.9. The Morgan fingerprint density at radius 1 is 0.582 bits per heavy atom. The van der Waals surface area contributed by atoms with Crippen molar-refractivity contribution in [2.75, 3.05) is 47.0 Å². The molecule has 0 aromatic rings. The second kappa shape index (κ2) is 38.0. The van der Waals surface area contributed by atoms with E-state index in [1.807, 2.05) is 14.1 Å². The lowest BCUT2D eigenvalue weighted by Crippen LogP contribution is -2.49. The molecule has 0 aromatic carbocycles. The molecule has 10 heteroatoms. The Labute approximate surface area is 339 Å². The van der Waals surface area contributed by atoms with E-state index in [1.165, 1.54) is 103 Å². The van der Waals surface area contributed by atoms with E-state index < -0.39 is 13.9 Å². The third-order valence-corrected chi connectivity index (χ3v) is 11.0. The lowest BCUT2D eigenvalue weighted by Gasteiger charge is -2.33. The van der Waals surface area contributed by atoms with E-state index in [9.17, 15) is 19.0 Å². The first kappa shape index (κ1) is 53.5. The Hall–Kier alpha value is -1.51. The molecule has 2 atom stereocenters. The molecule has 0 amide bonds. The molecule has 0 fully saturated rings. The van der Waals surface area contributed by atoms with E-state index in [1.54, 1.807) is 6.92 Å². The van der Waals surface area contributed by atoms with Crippen LogP contribution >= 0.6 is 7.82 Å². The Morgan fingerprint density at radius 2 is 0.982 bits per heavy atom. The van der Waals surface area contributed by atoms with Crippen LogP contribution in [0.2, 0.25) is 0 Å². The Balaban J connectivity index is 4.48. The number of phosphoric acid groups is 1. The minimum absolute atomic E-state index is 0.00830. The van der Waals surface area contributed by atoms with E-state index >= 15 is 0 Å². The highest BCUT2D eigenvalue weighted by Crippen LogP contribution is 2.42. The van der Waals surface area contributed by atoms with E-state index in [-0.39, 0.29) is 31.8 Å². The molecule has 9 nitrogen and oxygen atoms in total. The molecule has 0 saturated carbocycles. The number of rotatable bonds is 41. The smallest absolute Gasteiger partial charge is 0.461 e. The first-order chi connectivity index (χ1) is 26.5. The number of quaternary nitrogens is 1. The summed E-state index contributed by atoms with van der Waals surface area (Å²) in [5.74, 6) is -0.564. The summed E-state index contributed by atoms with van der Waals surface area (Å²) in [7, 11) is -0.258. The maximum Gasteiger partial charge on any atom is 0.472 e. The number of carbonyl (C=O) groups is 2. The van der Waals surface area contributed by atoms with Crippen molar-refractivity contribution in [1.82, 2.24) is 0 Å². The molecular weight excluding hydrogens is 713 g/mol. The van der Waals surface area contributed by atoms with Gasteiger partial charge < -0.3 is 18.9 Å². The second-order valence-electron chi connectivity index (χ2n) is 16.0. The Morgan fingerprint density at radius 3 is 1.42 bits per heavy atom. The Kier molecular flexibility index (Phi) is 37.0. The topological polar surface area (TPSA) is 108 Å². The molecule has 0 spiro atoms. The number of likely N-dealkylation sites (N-methyl/N-ethyl adjacent to an activating group) is 1. The SMILES string of the molecule is CCCCCCCC/C=C\CCCCCCCC(=O)OC[C@H](C[N+](C)(C)CCOP(=O)(O)OCC)OC(=O)CCCCCCC/C=C\CCCCCCCC. The molecule has 0 aromatic heterocycles. The molecule has 0 bridgehead atoms. The van der Waals surface area contributed by atoms with E-state index in [0.717, 1.165) is 64.2 Å². The van der Waals surface area contributed by atoms with Crippen LogP contribution in [-0.2, 0) is 32.7 Å². The minimum atomic E-state index is -4.10. The van der Waals surface area contributed by atoms with Crippen LogP contribution in [-0.4, -0.2) is 74.4 Å². The van der Waals surface area contributed by atoms with E-state index in [4.69, 9.17) is 18.5 Å². The van der Waals surface area contributed by atoms with Crippen molar-refractivity contribution in [1.29, 1.82) is 0 Å². The van der Waals surface area contributed by atoms with Crippen molar-refractivity contribution in [3.8, 4) is 0 Å². The van der Waals surface area contributed by atoms with Gasteiger partial charge in [0.25, 0.3) is 0 Å². The quantitative estimate of drug-likeness (QED) is 0.0214. The highest BCUT2D eigenvalue weighted by molar-refractivity contribution is 7.47. The fraction of sp³-hybridized carbons (Fsp3) is 0.867. The van der Waals surface area contributed by atoms with E-state index in [0.29, 0.717) is 30.4 Å². The third-order valence-electron chi connectivity index (χ3n) is 9.95. The average molecular weight is 801 g/mol. The minimum Gasteiger partial charge on any atom is -0.461 e. The molecule has 1 unspecified atom stereocenters. The number of nitrogens with zero attached hydrogens (tertiary/aromatic N) is 1. The standard InChI is InChI=1S/C45H86NO8P/c1-6-9-11-13-15-17-19-21-23-25-27-29-31-33-35-37-44(47)51-42-43(41-46(4,5)39-40-53-55(49,50)52-8-3)54-45(48)38-36-34-32-30-28-26-24-22-20-18-16-14-12-10-7-2/h21-24,43H,6-20,25-42H2,1-5H3/p+1/b23-21-,24-22-/t43-/m0/s1. The number of carbonyl (C=O) groups excluding carboxylic acids is 2. The van der Waals surface area contributed by atoms with Gasteiger partial charge in [0, 0.05) is 12.8 Å². The van der Waals surface area contributed by atoms with Crippen molar-refractivity contribution in [2.24, 2.45) is 0 Å². The summed E-state index contributed by atoms with van der Waals surface area (Å²) in [4.78, 5) is 35.3. The van der Waals surface area contributed by atoms with Gasteiger partial charge in [0.2, 0.25) is 0 Å². The first-order valence-electron chi connectivity index (χ1n) is 22.6. The second-order valence-corrected chi connectivity index (χ2v) is 17.5. The average Bonchev–Trinajstić information content (AvgIpc) is 3.13. The zero-order valence-electron chi connectivity index (χ0n) is 36.4. The molecule has 324 valence electrons. The number of hydrogen-bond donors (Lipinski definition) is 1. The molecule has 0 aliphatic heterocycles. The maximum atomic E-state index is 12.9. The van der Waals surface area contributed by atoms with Crippen molar-refractivity contribution < 1.29 is 42.1 Å². The van der Waals surface area contributed by atoms with Gasteiger partial charge in [0.1, 0.15) is 26.3 Å². The van der Waals surface area contributed by atoms with Crippen LogP contribution in [0.4, 0.5) is 0 Å². The monoisotopic (exact) mass is 801 g/mol. The van der Waals surface area contributed by atoms with Gasteiger partial charge in [0.05, 0.1) is 20.7 Å². The summed E-state index contributed by atoms with van der Waals surface area (Å²) in [6, 6.07) is 0. The number of unbranched alkanes of at least 4 members (excludes halogenated alkanes) is 22. The normalized spacial score (nSPS) is 13.8. The fourth-order valence-electron chi connectivity index (χ4n) is 6.55. The van der Waals surface area contributed by atoms with Crippen LogP contribution in [0.5, 0.6) is 0 Å². The largest absolute Gasteiger partial charge is 0.472 e. The van der Waals surface area contributed by atoms with Crippen LogP contribution in [0.25, 0.3) is 0 Å². The number of hydrogen-bond acceptors (Lipinski definition) is 7. The van der Waals surface area contributed by atoms with Gasteiger partial charge in [-0.05, 0) is 71.1 Å². The van der Waals surface area contributed by atoms with Gasteiger partial charge in [-0.1, -0.05) is 141 Å². The van der Waals surface area contributed by atoms with Gasteiger partial charge in [0.15, 0.2) is 6.10 Å². The molecule has 1 N–H and O–H groups in total. The lowest BCUT2D eigenvalue weighted by atomic mass is 10.1. The zero-order valence-corrected chi connectivity index (χ0v) is 37.3. The van der Waals surface area contributed by atoms with Crippen molar-refractivity contribution >= 4 is 19.8 Å². The Bertz CT molecular complexity index is 1000. The van der Waals surface area contributed by atoms with Crippen LogP contribution < -0.4 is 0 Å². The summed E-state index contributed by atoms with van der Waals surface area (Å²) >= 11 is 0. The van der Waals surface area contributed by atoms with Crippen molar-refractivity contribution in [3.63, 3.8) is 0 Å². The molecule has 0 radical (unpaired) electrons. The fourth-order valence-corrected chi connectivity index (χ4v) is 7.27. The number of phosphoric ester groups is 1. The zero-order chi connectivity index (χ0) is 40.7. The van der Waals surface area contributed by atoms with Crippen molar-refractivity contribution in [3.05, 3.63) is 24.3 Å². The molecule has 55 heavy (non-hydrogen) atoms. The van der Waals surface area contributed by atoms with Crippen LogP contribution in [0, 0.1) is 0 Å². The highest BCUT2D eigenvalue weighted by Gasteiger charge is 2.28. The number of allylic oxidation sites excluding steroid dienone is 4. The molecule has 0 rings (SSSR count). The predicted octanol–water partition coefficient (Wildman–Crippen LogP) is 12.7. The van der Waals surface area contributed by atoms with Gasteiger partial charge in [-0.15, -0.1) is 0 Å². The van der Waals surface area contributed by atoms with Gasteiger partial charge in [-0.3, -0.25) is 18.6 Å². The number of ether oxygens (including phenoxy) is 2.